The van der Waals surface area contributed by atoms with Crippen LogP contribution in [0, 0.1) is 23.5 Å². The summed E-state index contributed by atoms with van der Waals surface area (Å²) in [5.41, 5.74) is 0.410. The highest BCUT2D eigenvalue weighted by Crippen LogP contribution is 2.37. The second-order valence-electron chi connectivity index (χ2n) is 8.12. The first-order valence-corrected chi connectivity index (χ1v) is 9.71. The molecule has 1 N–H and O–H groups in total. The van der Waals surface area contributed by atoms with Crippen molar-refractivity contribution in [3.8, 4) is 0 Å². The van der Waals surface area contributed by atoms with Crippen LogP contribution in [-0.2, 0) is 16.1 Å². The van der Waals surface area contributed by atoms with Gasteiger partial charge in [0, 0.05) is 44.7 Å². The summed E-state index contributed by atoms with van der Waals surface area (Å²) in [5, 5.41) is 2.75. The van der Waals surface area contributed by atoms with Gasteiger partial charge in [0.2, 0.25) is 11.8 Å². The van der Waals surface area contributed by atoms with E-state index in [1.807, 2.05) is 0 Å². The van der Waals surface area contributed by atoms with Gasteiger partial charge in [0.15, 0.2) is 0 Å². The van der Waals surface area contributed by atoms with Crippen molar-refractivity contribution >= 4 is 11.8 Å². The van der Waals surface area contributed by atoms with Crippen molar-refractivity contribution in [2.45, 2.75) is 38.3 Å². The van der Waals surface area contributed by atoms with Gasteiger partial charge in [-0.3, -0.25) is 14.5 Å². The molecule has 3 aliphatic heterocycles. The molecule has 146 valence electrons. The fourth-order valence-corrected chi connectivity index (χ4v) is 5.01. The minimum atomic E-state index is -0.644. The zero-order valence-electron chi connectivity index (χ0n) is 15.3. The molecule has 0 spiro atoms. The first kappa shape index (κ1) is 18.3. The summed E-state index contributed by atoms with van der Waals surface area (Å²) in [6, 6.07) is 3.59. The molecule has 3 atom stereocenters. The third kappa shape index (κ3) is 4.13. The Kier molecular flexibility index (Phi) is 5.12. The number of nitrogens with zero attached hydrogens (tertiary/aromatic N) is 2. The number of piperidine rings is 3. The molecule has 0 saturated carbocycles. The number of hydrogen-bond acceptors (Lipinski definition) is 3. The number of fused-ring (bicyclic) bond motifs is 4. The molecule has 4 rings (SSSR count). The summed E-state index contributed by atoms with van der Waals surface area (Å²) in [4.78, 5) is 28.7. The van der Waals surface area contributed by atoms with E-state index in [0.717, 1.165) is 45.0 Å². The van der Waals surface area contributed by atoms with E-state index in [2.05, 4.69) is 15.1 Å². The van der Waals surface area contributed by atoms with Crippen LogP contribution in [0.1, 0.15) is 31.2 Å². The molecular formula is C20H25F2N3O2. The molecule has 27 heavy (non-hydrogen) atoms. The SMILES string of the molecule is O=C(CN1CC2CC(C1)[C@H]1CCCC(=O)N1C2)NCc1cc(F)cc(F)c1. The maximum atomic E-state index is 13.2. The molecule has 5 nitrogen and oxygen atoms in total. The van der Waals surface area contributed by atoms with Gasteiger partial charge in [-0.2, -0.15) is 0 Å². The van der Waals surface area contributed by atoms with Gasteiger partial charge in [0.1, 0.15) is 11.6 Å². The van der Waals surface area contributed by atoms with Crippen molar-refractivity contribution in [2.75, 3.05) is 26.2 Å². The van der Waals surface area contributed by atoms with E-state index in [1.54, 1.807) is 0 Å². The van der Waals surface area contributed by atoms with Gasteiger partial charge in [-0.25, -0.2) is 8.78 Å². The summed E-state index contributed by atoms with van der Waals surface area (Å²) < 4.78 is 26.5. The Bertz CT molecular complexity index is 722. The fraction of sp³-hybridized carbons (Fsp3) is 0.600. The van der Waals surface area contributed by atoms with Gasteiger partial charge in [-0.05, 0) is 48.8 Å². The Labute approximate surface area is 157 Å². The zero-order valence-corrected chi connectivity index (χ0v) is 15.3. The lowest BCUT2D eigenvalue weighted by atomic mass is 9.76. The molecule has 2 bridgehead atoms. The van der Waals surface area contributed by atoms with Crippen LogP contribution in [0.5, 0.6) is 0 Å². The highest BCUT2D eigenvalue weighted by atomic mass is 19.1. The fourth-order valence-electron chi connectivity index (χ4n) is 5.01. The minimum Gasteiger partial charge on any atom is -0.351 e. The van der Waals surface area contributed by atoms with Crippen LogP contribution in [0.3, 0.4) is 0 Å². The number of benzene rings is 1. The molecule has 3 heterocycles. The van der Waals surface area contributed by atoms with Crippen molar-refractivity contribution in [3.63, 3.8) is 0 Å². The summed E-state index contributed by atoms with van der Waals surface area (Å²) in [6.07, 6.45) is 3.83. The number of amides is 2. The Hall–Kier alpha value is -2.02. The highest BCUT2D eigenvalue weighted by molar-refractivity contribution is 5.78. The minimum absolute atomic E-state index is 0.110. The lowest BCUT2D eigenvalue weighted by molar-refractivity contribution is -0.145. The molecule has 3 saturated heterocycles. The van der Waals surface area contributed by atoms with E-state index in [-0.39, 0.29) is 24.9 Å². The molecule has 2 unspecified atom stereocenters. The third-order valence-electron chi connectivity index (χ3n) is 6.03. The molecule has 1 aromatic rings. The average Bonchev–Trinajstić information content (AvgIpc) is 2.60. The lowest BCUT2D eigenvalue weighted by Gasteiger charge is -2.52. The maximum absolute atomic E-state index is 13.2. The van der Waals surface area contributed by atoms with Crippen molar-refractivity contribution < 1.29 is 18.4 Å². The Morgan fingerprint density at radius 3 is 2.70 bits per heavy atom. The number of nitrogens with one attached hydrogen (secondary N) is 1. The van der Waals surface area contributed by atoms with Crippen LogP contribution in [0.2, 0.25) is 0 Å². The van der Waals surface area contributed by atoms with Gasteiger partial charge in [-0.15, -0.1) is 0 Å². The molecule has 3 fully saturated rings. The summed E-state index contributed by atoms with van der Waals surface area (Å²) in [5.74, 6) is -0.283. The standard InChI is InChI=1S/C20H25F2N3O2/c21-16-5-13(6-17(22)7-16)8-23-19(26)12-24-9-14-4-15(11-24)18-2-1-3-20(27)25(18)10-14/h5-7,14-15,18H,1-4,8-12H2,(H,23,26)/t14?,15?,18-/m1/s1. The monoisotopic (exact) mass is 377 g/mol. The second kappa shape index (κ2) is 7.54. The Morgan fingerprint density at radius 2 is 1.93 bits per heavy atom. The molecule has 2 amide bonds. The highest BCUT2D eigenvalue weighted by Gasteiger charge is 2.43. The molecule has 0 radical (unpaired) electrons. The smallest absolute Gasteiger partial charge is 0.234 e. The van der Waals surface area contributed by atoms with Gasteiger partial charge in [-0.1, -0.05) is 0 Å². The summed E-state index contributed by atoms with van der Waals surface area (Å²) in [6.45, 7) is 2.84. The zero-order chi connectivity index (χ0) is 19.0. The molecule has 1 aromatic carbocycles. The number of likely N-dealkylation sites (tertiary alicyclic amines) is 1. The maximum Gasteiger partial charge on any atom is 0.234 e. The molecule has 7 heteroatoms. The lowest BCUT2D eigenvalue weighted by Crippen LogP contribution is -2.61. The Balaban J connectivity index is 1.31. The normalized spacial score (nSPS) is 28.0. The third-order valence-corrected chi connectivity index (χ3v) is 6.03. The molecule has 0 aliphatic carbocycles. The van der Waals surface area contributed by atoms with Gasteiger partial charge >= 0.3 is 0 Å². The van der Waals surface area contributed by atoms with Gasteiger partial charge in [0.05, 0.1) is 6.54 Å². The first-order valence-electron chi connectivity index (χ1n) is 9.71. The summed E-state index contributed by atoms with van der Waals surface area (Å²) >= 11 is 0. The molecular weight excluding hydrogens is 352 g/mol. The van der Waals surface area contributed by atoms with Gasteiger partial charge in [0.25, 0.3) is 0 Å². The largest absolute Gasteiger partial charge is 0.351 e. The van der Waals surface area contributed by atoms with Crippen LogP contribution in [0.4, 0.5) is 8.78 Å². The predicted molar refractivity (Wildman–Crippen MR) is 95.6 cm³/mol. The predicted octanol–water partition coefficient (Wildman–Crippen LogP) is 1.91. The average molecular weight is 377 g/mol. The van der Waals surface area contributed by atoms with Crippen molar-refractivity contribution in [3.05, 3.63) is 35.4 Å². The number of rotatable bonds is 4. The number of hydrogen-bond donors (Lipinski definition) is 1. The van der Waals surface area contributed by atoms with E-state index in [4.69, 9.17) is 0 Å². The van der Waals surface area contributed by atoms with Gasteiger partial charge < -0.3 is 10.2 Å². The Morgan fingerprint density at radius 1 is 1.15 bits per heavy atom. The van der Waals surface area contributed by atoms with Crippen LogP contribution in [-0.4, -0.2) is 53.8 Å². The second-order valence-corrected chi connectivity index (χ2v) is 8.12. The van der Waals surface area contributed by atoms with Crippen LogP contribution >= 0.6 is 0 Å². The van der Waals surface area contributed by atoms with Crippen molar-refractivity contribution in [2.24, 2.45) is 11.8 Å². The molecule has 3 aliphatic rings. The van der Waals surface area contributed by atoms with E-state index < -0.39 is 11.6 Å². The van der Waals surface area contributed by atoms with E-state index >= 15 is 0 Å². The van der Waals surface area contributed by atoms with Crippen LogP contribution < -0.4 is 5.32 Å². The summed E-state index contributed by atoms with van der Waals surface area (Å²) in [7, 11) is 0. The number of carbonyl (C=O) groups is 2. The van der Waals surface area contributed by atoms with Crippen LogP contribution in [0.25, 0.3) is 0 Å². The van der Waals surface area contributed by atoms with E-state index in [9.17, 15) is 18.4 Å². The van der Waals surface area contributed by atoms with Crippen molar-refractivity contribution in [1.82, 2.24) is 15.1 Å². The number of carbonyl (C=O) groups excluding carboxylic acids is 2. The molecule has 0 aromatic heterocycles. The van der Waals surface area contributed by atoms with E-state index in [0.29, 0.717) is 29.9 Å². The first-order chi connectivity index (χ1) is 13.0. The van der Waals surface area contributed by atoms with E-state index in [1.165, 1.54) is 12.1 Å². The van der Waals surface area contributed by atoms with Crippen LogP contribution in [0.15, 0.2) is 18.2 Å². The topological polar surface area (TPSA) is 52.7 Å². The quantitative estimate of drug-likeness (QED) is 0.872. The van der Waals surface area contributed by atoms with Crippen molar-refractivity contribution in [1.29, 1.82) is 0 Å². The number of halogens is 2.